The SMILES string of the molecule is COC(c1ccccc1)c1noc(C2CCNCC2)n1. The van der Waals surface area contributed by atoms with Crippen molar-refractivity contribution in [3.8, 4) is 0 Å². The molecule has 2 heterocycles. The second kappa shape index (κ2) is 6.15. The highest BCUT2D eigenvalue weighted by Gasteiger charge is 2.25. The van der Waals surface area contributed by atoms with E-state index in [0.717, 1.165) is 37.4 Å². The van der Waals surface area contributed by atoms with E-state index in [-0.39, 0.29) is 6.10 Å². The minimum Gasteiger partial charge on any atom is -0.369 e. The summed E-state index contributed by atoms with van der Waals surface area (Å²) < 4.78 is 11.0. The number of aromatic nitrogens is 2. The van der Waals surface area contributed by atoms with Gasteiger partial charge in [0.2, 0.25) is 11.7 Å². The van der Waals surface area contributed by atoms with Gasteiger partial charge in [0.15, 0.2) is 0 Å². The topological polar surface area (TPSA) is 60.2 Å². The number of hydrogen-bond acceptors (Lipinski definition) is 5. The molecule has 0 amide bonds. The van der Waals surface area contributed by atoms with Gasteiger partial charge in [-0.05, 0) is 31.5 Å². The van der Waals surface area contributed by atoms with Gasteiger partial charge >= 0.3 is 0 Å². The van der Waals surface area contributed by atoms with E-state index < -0.39 is 0 Å². The molecule has 1 fully saturated rings. The molecule has 1 N–H and O–H groups in total. The van der Waals surface area contributed by atoms with Crippen LogP contribution in [0.15, 0.2) is 34.9 Å². The van der Waals surface area contributed by atoms with Crippen molar-refractivity contribution in [2.24, 2.45) is 0 Å². The third-order valence-corrected chi connectivity index (χ3v) is 3.72. The van der Waals surface area contributed by atoms with E-state index in [2.05, 4.69) is 15.5 Å². The van der Waals surface area contributed by atoms with E-state index in [4.69, 9.17) is 9.26 Å². The van der Waals surface area contributed by atoms with Gasteiger partial charge in [-0.1, -0.05) is 35.5 Å². The zero-order chi connectivity index (χ0) is 13.8. The summed E-state index contributed by atoms with van der Waals surface area (Å²) >= 11 is 0. The van der Waals surface area contributed by atoms with Crippen molar-refractivity contribution in [3.05, 3.63) is 47.6 Å². The molecular weight excluding hydrogens is 254 g/mol. The minimum absolute atomic E-state index is 0.268. The maximum Gasteiger partial charge on any atom is 0.229 e. The van der Waals surface area contributed by atoms with Gasteiger partial charge in [-0.2, -0.15) is 4.98 Å². The number of benzene rings is 1. The molecule has 1 aromatic heterocycles. The smallest absolute Gasteiger partial charge is 0.229 e. The first-order valence-electron chi connectivity index (χ1n) is 7.00. The van der Waals surface area contributed by atoms with Crippen LogP contribution in [0, 0.1) is 0 Å². The molecule has 1 aliphatic rings. The van der Waals surface area contributed by atoms with Crippen molar-refractivity contribution < 1.29 is 9.26 Å². The lowest BCUT2D eigenvalue weighted by atomic mass is 9.98. The van der Waals surface area contributed by atoms with E-state index in [0.29, 0.717) is 11.7 Å². The Kier molecular flexibility index (Phi) is 4.08. The Morgan fingerprint density at radius 1 is 1.25 bits per heavy atom. The molecule has 3 rings (SSSR count). The van der Waals surface area contributed by atoms with Gasteiger partial charge in [0.1, 0.15) is 6.10 Å². The molecule has 5 heteroatoms. The monoisotopic (exact) mass is 273 g/mol. The maximum absolute atomic E-state index is 5.53. The summed E-state index contributed by atoms with van der Waals surface area (Å²) in [6.07, 6.45) is 1.82. The van der Waals surface area contributed by atoms with Crippen molar-refractivity contribution in [2.45, 2.75) is 24.9 Å². The van der Waals surface area contributed by atoms with Crippen molar-refractivity contribution in [2.75, 3.05) is 20.2 Å². The maximum atomic E-state index is 5.53. The molecule has 20 heavy (non-hydrogen) atoms. The molecule has 0 aliphatic carbocycles. The molecule has 1 saturated heterocycles. The molecule has 1 unspecified atom stereocenters. The lowest BCUT2D eigenvalue weighted by Gasteiger charge is -2.18. The molecule has 0 radical (unpaired) electrons. The predicted octanol–water partition coefficient (Wildman–Crippen LogP) is 2.27. The predicted molar refractivity (Wildman–Crippen MR) is 74.4 cm³/mol. The summed E-state index contributed by atoms with van der Waals surface area (Å²) in [4.78, 5) is 4.55. The van der Waals surface area contributed by atoms with Crippen LogP contribution in [0.3, 0.4) is 0 Å². The Balaban J connectivity index is 1.81. The van der Waals surface area contributed by atoms with Crippen LogP contribution in [0.5, 0.6) is 0 Å². The number of rotatable bonds is 4. The van der Waals surface area contributed by atoms with E-state index in [1.807, 2.05) is 30.3 Å². The van der Waals surface area contributed by atoms with Gasteiger partial charge in [0.25, 0.3) is 0 Å². The lowest BCUT2D eigenvalue weighted by molar-refractivity contribution is 0.126. The Morgan fingerprint density at radius 2 is 2.00 bits per heavy atom. The molecule has 2 aromatic rings. The molecule has 0 spiro atoms. The molecule has 106 valence electrons. The average Bonchev–Trinajstić information content (AvgIpc) is 3.00. The number of methoxy groups -OCH3 is 1. The summed E-state index contributed by atoms with van der Waals surface area (Å²) in [7, 11) is 1.66. The number of piperidine rings is 1. The third-order valence-electron chi connectivity index (χ3n) is 3.72. The Labute approximate surface area is 118 Å². The van der Waals surface area contributed by atoms with Crippen LogP contribution in [-0.2, 0) is 4.74 Å². The minimum atomic E-state index is -0.268. The molecule has 0 saturated carbocycles. The van der Waals surface area contributed by atoms with Crippen LogP contribution in [-0.4, -0.2) is 30.3 Å². The summed E-state index contributed by atoms with van der Waals surface area (Å²) in [6.45, 7) is 2.02. The normalized spacial score (nSPS) is 18.1. The standard InChI is InChI=1S/C15H19N3O2/c1-19-13(11-5-3-2-4-6-11)14-17-15(20-18-14)12-7-9-16-10-8-12/h2-6,12-13,16H,7-10H2,1H3. The van der Waals surface area contributed by atoms with E-state index in [9.17, 15) is 0 Å². The fourth-order valence-electron chi connectivity index (χ4n) is 2.61. The highest BCUT2D eigenvalue weighted by molar-refractivity contribution is 5.22. The summed E-state index contributed by atoms with van der Waals surface area (Å²) in [6, 6.07) is 9.96. The zero-order valence-electron chi connectivity index (χ0n) is 11.6. The van der Waals surface area contributed by atoms with Gasteiger partial charge in [0.05, 0.1) is 0 Å². The Morgan fingerprint density at radius 3 is 2.70 bits per heavy atom. The third kappa shape index (κ3) is 2.73. The summed E-state index contributed by atoms with van der Waals surface area (Å²) in [5.74, 6) is 1.71. The van der Waals surface area contributed by atoms with Crippen molar-refractivity contribution in [3.63, 3.8) is 0 Å². The van der Waals surface area contributed by atoms with E-state index in [1.54, 1.807) is 7.11 Å². The van der Waals surface area contributed by atoms with Gasteiger partial charge in [-0.15, -0.1) is 0 Å². The molecule has 1 aliphatic heterocycles. The van der Waals surface area contributed by atoms with Crippen LogP contribution in [0.4, 0.5) is 0 Å². The molecule has 0 bridgehead atoms. The molecule has 1 aromatic carbocycles. The van der Waals surface area contributed by atoms with E-state index >= 15 is 0 Å². The van der Waals surface area contributed by atoms with Crippen molar-refractivity contribution >= 4 is 0 Å². The van der Waals surface area contributed by atoms with Gasteiger partial charge in [-0.3, -0.25) is 0 Å². The number of hydrogen-bond donors (Lipinski definition) is 1. The number of nitrogens with zero attached hydrogens (tertiary/aromatic N) is 2. The van der Waals surface area contributed by atoms with Crippen LogP contribution in [0.2, 0.25) is 0 Å². The largest absolute Gasteiger partial charge is 0.369 e. The lowest BCUT2D eigenvalue weighted by Crippen LogP contribution is -2.26. The summed E-state index contributed by atoms with van der Waals surface area (Å²) in [5.41, 5.74) is 1.03. The first kappa shape index (κ1) is 13.3. The highest BCUT2D eigenvalue weighted by Crippen LogP contribution is 2.27. The van der Waals surface area contributed by atoms with Crippen molar-refractivity contribution in [1.29, 1.82) is 0 Å². The van der Waals surface area contributed by atoms with Crippen LogP contribution in [0.1, 0.15) is 42.1 Å². The molecule has 1 atom stereocenters. The second-order valence-electron chi connectivity index (χ2n) is 5.04. The quantitative estimate of drug-likeness (QED) is 0.926. The fourth-order valence-corrected chi connectivity index (χ4v) is 2.61. The van der Waals surface area contributed by atoms with Crippen LogP contribution < -0.4 is 5.32 Å². The molecular formula is C15H19N3O2. The fraction of sp³-hybridized carbons (Fsp3) is 0.467. The Hall–Kier alpha value is -1.72. The van der Waals surface area contributed by atoms with Gasteiger partial charge < -0.3 is 14.6 Å². The Bertz CT molecular complexity index is 535. The van der Waals surface area contributed by atoms with Gasteiger partial charge in [-0.25, -0.2) is 0 Å². The first-order chi connectivity index (χ1) is 9.88. The zero-order valence-corrected chi connectivity index (χ0v) is 11.6. The van der Waals surface area contributed by atoms with E-state index in [1.165, 1.54) is 0 Å². The number of nitrogens with one attached hydrogen (secondary N) is 1. The van der Waals surface area contributed by atoms with Gasteiger partial charge in [0, 0.05) is 13.0 Å². The average molecular weight is 273 g/mol. The first-order valence-corrected chi connectivity index (χ1v) is 7.00. The second-order valence-corrected chi connectivity index (χ2v) is 5.04. The number of ether oxygens (including phenoxy) is 1. The van der Waals surface area contributed by atoms with Crippen LogP contribution >= 0.6 is 0 Å². The van der Waals surface area contributed by atoms with Crippen molar-refractivity contribution in [1.82, 2.24) is 15.5 Å². The summed E-state index contributed by atoms with van der Waals surface area (Å²) in [5, 5.41) is 7.44. The molecule has 5 nitrogen and oxygen atoms in total. The highest BCUT2D eigenvalue weighted by atomic mass is 16.5. The van der Waals surface area contributed by atoms with Crippen LogP contribution in [0.25, 0.3) is 0 Å².